The minimum Gasteiger partial charge on any atom is -0.496 e. The van der Waals surface area contributed by atoms with Crippen molar-refractivity contribution in [3.63, 3.8) is 0 Å². The highest BCUT2D eigenvalue weighted by atomic mass is 32.1. The summed E-state index contributed by atoms with van der Waals surface area (Å²) in [6.45, 7) is 8.87. The third kappa shape index (κ3) is 7.57. The number of amides is 3. The average Bonchev–Trinajstić information content (AvgIpc) is 3.60. The van der Waals surface area contributed by atoms with Crippen LogP contribution in [0, 0.1) is 18.3 Å². The number of ether oxygens (including phenoxy) is 2. The number of nitrogens with one attached hydrogen (secondary N) is 1. The molecule has 0 aliphatic carbocycles. The number of anilines is 1. The quantitative estimate of drug-likeness (QED) is 0.162. The Morgan fingerprint density at radius 1 is 1.28 bits per heavy atom. The van der Waals surface area contributed by atoms with Crippen LogP contribution in [-0.4, -0.2) is 77.0 Å². The van der Waals surface area contributed by atoms with Crippen LogP contribution in [0.2, 0.25) is 0 Å². The number of thiophene rings is 1. The minimum atomic E-state index is -1.48. The van der Waals surface area contributed by atoms with Crippen LogP contribution in [0.1, 0.15) is 61.7 Å². The highest BCUT2D eigenvalue weighted by molar-refractivity contribution is 7.27. The number of hydrogen-bond acceptors (Lipinski definition) is 10. The summed E-state index contributed by atoms with van der Waals surface area (Å²) in [6.07, 6.45) is 3.10. The predicted molar refractivity (Wildman–Crippen MR) is 168 cm³/mol. The van der Waals surface area contributed by atoms with Crippen molar-refractivity contribution in [3.05, 3.63) is 47.3 Å². The molecule has 2 atom stereocenters. The summed E-state index contributed by atoms with van der Waals surface area (Å²) in [6, 6.07) is 7.59. The Kier molecular flexibility index (Phi) is 11.4. The van der Waals surface area contributed by atoms with Crippen LogP contribution in [0.5, 0.6) is 5.75 Å². The van der Waals surface area contributed by atoms with E-state index >= 15 is 0 Å². The molecule has 0 saturated carbocycles. The van der Waals surface area contributed by atoms with E-state index in [4.69, 9.17) is 14.7 Å². The van der Waals surface area contributed by atoms with E-state index in [1.807, 2.05) is 30.1 Å². The second kappa shape index (κ2) is 14.6. The number of methoxy groups -OCH3 is 1. The molecule has 1 unspecified atom stereocenters. The number of carbonyl (C=O) groups excluding carboxylic acids is 3. The molecule has 0 aliphatic heterocycles. The van der Waals surface area contributed by atoms with Gasteiger partial charge in [0.2, 0.25) is 12.3 Å². The van der Waals surface area contributed by atoms with Gasteiger partial charge < -0.3 is 19.7 Å². The van der Waals surface area contributed by atoms with Crippen LogP contribution in [0.4, 0.5) is 5.00 Å². The predicted octanol–water partition coefficient (Wildman–Crippen LogP) is 3.16. The molecule has 12 nitrogen and oxygen atoms in total. The van der Waals surface area contributed by atoms with Gasteiger partial charge in [0, 0.05) is 30.8 Å². The molecule has 1 aromatic carbocycles. The lowest BCUT2D eigenvalue weighted by atomic mass is 9.99. The van der Waals surface area contributed by atoms with Crippen molar-refractivity contribution in [2.75, 3.05) is 32.2 Å². The zero-order chi connectivity index (χ0) is 31.9. The lowest BCUT2D eigenvalue weighted by Crippen LogP contribution is -2.57. The van der Waals surface area contributed by atoms with Gasteiger partial charge in [0.1, 0.15) is 27.4 Å². The number of benzene rings is 1. The van der Waals surface area contributed by atoms with E-state index in [0.29, 0.717) is 27.7 Å². The first-order valence-electron chi connectivity index (χ1n) is 13.6. The molecule has 0 saturated heterocycles. The first-order valence-corrected chi connectivity index (χ1v) is 15.0. The first-order chi connectivity index (χ1) is 20.4. The zero-order valence-corrected chi connectivity index (χ0v) is 27.4. The van der Waals surface area contributed by atoms with E-state index in [2.05, 4.69) is 30.8 Å². The SMILES string of the molecule is COc1ccc(P)cc1[C@H](CN(C)c1sc(-n2nccn2)c(C)c1C(=O)N(C=O)C(C)(C)C(=O)NC(C)C)OCCC#N. The topological polar surface area (TPSA) is 143 Å². The number of aromatic nitrogens is 3. The summed E-state index contributed by atoms with van der Waals surface area (Å²) in [5.41, 5.74) is 0.0784. The fourth-order valence-corrected chi connectivity index (χ4v) is 5.91. The molecule has 0 fully saturated rings. The lowest BCUT2D eigenvalue weighted by Gasteiger charge is -2.34. The van der Waals surface area contributed by atoms with Crippen molar-refractivity contribution in [1.82, 2.24) is 25.2 Å². The van der Waals surface area contributed by atoms with Crippen LogP contribution in [0.15, 0.2) is 30.6 Å². The van der Waals surface area contributed by atoms with Crippen LogP contribution >= 0.6 is 20.6 Å². The van der Waals surface area contributed by atoms with Gasteiger partial charge >= 0.3 is 0 Å². The maximum atomic E-state index is 14.2. The molecule has 0 bridgehead atoms. The molecule has 2 heterocycles. The van der Waals surface area contributed by atoms with E-state index in [9.17, 15) is 14.4 Å². The Balaban J connectivity index is 2.12. The lowest BCUT2D eigenvalue weighted by molar-refractivity contribution is -0.136. The van der Waals surface area contributed by atoms with E-state index in [0.717, 1.165) is 15.8 Å². The highest BCUT2D eigenvalue weighted by Gasteiger charge is 2.41. The van der Waals surface area contributed by atoms with E-state index in [1.165, 1.54) is 42.4 Å². The van der Waals surface area contributed by atoms with E-state index in [1.54, 1.807) is 27.9 Å². The Hall–Kier alpha value is -3.85. The molecule has 2 aromatic heterocycles. The second-order valence-electron chi connectivity index (χ2n) is 10.6. The van der Waals surface area contributed by atoms with Gasteiger partial charge in [0.25, 0.3) is 5.91 Å². The van der Waals surface area contributed by atoms with E-state index in [-0.39, 0.29) is 31.2 Å². The molecule has 0 spiro atoms. The van der Waals surface area contributed by atoms with Gasteiger partial charge in [0.15, 0.2) is 0 Å². The molecule has 0 radical (unpaired) electrons. The van der Waals surface area contributed by atoms with Crippen molar-refractivity contribution in [2.24, 2.45) is 0 Å². The maximum Gasteiger partial charge on any atom is 0.264 e. The standard InChI is InChI=1S/C29H38N7O5PS/c1-18(2)33-28(39)29(4,5)35(17-37)25(38)24-19(3)26(36-31-12-13-32-36)43-27(24)34(6)16-23(41-14-8-11-30)21-15-20(42)9-10-22(21)40-7/h9-10,12-13,15,17-18,23H,8,14,16,42H2,1-7H3,(H,33,39)/t23-/m0/s1. The van der Waals surface area contributed by atoms with Gasteiger partial charge in [-0.2, -0.15) is 15.5 Å². The molecule has 14 heteroatoms. The van der Waals surface area contributed by atoms with Crippen molar-refractivity contribution in [1.29, 1.82) is 5.26 Å². The fourth-order valence-electron chi connectivity index (χ4n) is 4.44. The largest absolute Gasteiger partial charge is 0.496 e. The van der Waals surface area contributed by atoms with Crippen LogP contribution in [0.3, 0.4) is 0 Å². The second-order valence-corrected chi connectivity index (χ2v) is 12.3. The molecule has 0 aliphatic rings. The van der Waals surface area contributed by atoms with Crippen LogP contribution in [-0.2, 0) is 14.3 Å². The fraction of sp³-hybridized carbons (Fsp3) is 0.448. The summed E-state index contributed by atoms with van der Waals surface area (Å²) in [5, 5.41) is 22.4. The Labute approximate surface area is 258 Å². The summed E-state index contributed by atoms with van der Waals surface area (Å²) in [7, 11) is 6.04. The minimum absolute atomic E-state index is 0.188. The summed E-state index contributed by atoms with van der Waals surface area (Å²) in [4.78, 5) is 43.9. The number of imide groups is 1. The summed E-state index contributed by atoms with van der Waals surface area (Å²) >= 11 is 1.27. The van der Waals surface area contributed by atoms with E-state index < -0.39 is 23.5 Å². The molecular weight excluding hydrogens is 589 g/mol. The molecule has 3 amide bonds. The van der Waals surface area contributed by atoms with Crippen LogP contribution in [0.25, 0.3) is 5.00 Å². The van der Waals surface area contributed by atoms with Gasteiger partial charge in [0.05, 0.1) is 44.2 Å². The molecule has 230 valence electrons. The summed E-state index contributed by atoms with van der Waals surface area (Å²) < 4.78 is 11.8. The molecule has 1 N–H and O–H groups in total. The summed E-state index contributed by atoms with van der Waals surface area (Å²) in [5.74, 6) is -0.485. The van der Waals surface area contributed by atoms with Crippen molar-refractivity contribution in [3.8, 4) is 16.8 Å². The van der Waals surface area contributed by atoms with Gasteiger partial charge in [-0.05, 0) is 52.1 Å². The number of nitriles is 1. The van der Waals surface area contributed by atoms with Gasteiger partial charge in [-0.1, -0.05) is 17.4 Å². The smallest absolute Gasteiger partial charge is 0.264 e. The number of nitrogens with zero attached hydrogens (tertiary/aromatic N) is 6. The maximum absolute atomic E-state index is 14.2. The number of hydrogen-bond donors (Lipinski definition) is 1. The number of rotatable bonds is 14. The van der Waals surface area contributed by atoms with Gasteiger partial charge in [-0.25, -0.2) is 0 Å². The number of likely N-dealkylation sites (N-methyl/N-ethyl adjacent to an activating group) is 1. The highest BCUT2D eigenvalue weighted by Crippen LogP contribution is 2.40. The van der Waals surface area contributed by atoms with Gasteiger partial charge in [-0.3, -0.25) is 19.3 Å². The average molecular weight is 628 g/mol. The molecule has 3 aromatic rings. The third-order valence-electron chi connectivity index (χ3n) is 6.74. The van der Waals surface area contributed by atoms with Crippen molar-refractivity contribution in [2.45, 2.75) is 58.7 Å². The van der Waals surface area contributed by atoms with Crippen molar-refractivity contribution >= 4 is 49.1 Å². The Morgan fingerprint density at radius 3 is 2.53 bits per heavy atom. The third-order valence-corrected chi connectivity index (χ3v) is 8.47. The monoisotopic (exact) mass is 627 g/mol. The molecule has 3 rings (SSSR count). The normalized spacial score (nSPS) is 12.0. The van der Waals surface area contributed by atoms with Gasteiger partial charge in [-0.15, -0.1) is 14.0 Å². The first kappa shape index (κ1) is 33.6. The zero-order valence-electron chi connectivity index (χ0n) is 25.5. The van der Waals surface area contributed by atoms with Crippen LogP contribution < -0.4 is 20.3 Å². The number of carbonyl (C=O) groups is 3. The molecule has 43 heavy (non-hydrogen) atoms. The Bertz CT molecular complexity index is 1480. The molecular formula is C29H38N7O5PS. The Morgan fingerprint density at radius 2 is 1.95 bits per heavy atom. The van der Waals surface area contributed by atoms with Crippen molar-refractivity contribution < 1.29 is 23.9 Å².